The molecule has 6 heteroatoms. The lowest BCUT2D eigenvalue weighted by Crippen LogP contribution is -2.12. The van der Waals surface area contributed by atoms with Crippen molar-refractivity contribution < 1.29 is 4.79 Å². The molecule has 0 radical (unpaired) electrons. The van der Waals surface area contributed by atoms with Gasteiger partial charge in [-0.25, -0.2) is 0 Å². The Balaban J connectivity index is 1.81. The molecule has 2 N–H and O–H groups in total. The number of carbonyl (C=O) groups is 1. The van der Waals surface area contributed by atoms with E-state index in [0.717, 1.165) is 11.3 Å². The predicted octanol–water partition coefficient (Wildman–Crippen LogP) is 4.64. The Morgan fingerprint density at radius 1 is 1.05 bits per heavy atom. The third kappa shape index (κ3) is 3.13. The Morgan fingerprint density at radius 3 is 2.59 bits per heavy atom. The molecule has 1 heterocycles. The summed E-state index contributed by atoms with van der Waals surface area (Å²) < 4.78 is 0. The number of benzene rings is 2. The number of anilines is 1. The molecule has 2 aromatic carbocycles. The first kappa shape index (κ1) is 14.6. The number of rotatable bonds is 3. The van der Waals surface area contributed by atoms with Crippen molar-refractivity contribution in [2.75, 3.05) is 5.32 Å². The smallest absolute Gasteiger partial charge is 0.258 e. The summed E-state index contributed by atoms with van der Waals surface area (Å²) in [7, 11) is 0. The van der Waals surface area contributed by atoms with Gasteiger partial charge in [-0.2, -0.15) is 5.10 Å². The van der Waals surface area contributed by atoms with E-state index in [1.54, 1.807) is 18.2 Å². The summed E-state index contributed by atoms with van der Waals surface area (Å²) in [4.78, 5) is 12.2. The Morgan fingerprint density at radius 2 is 1.82 bits per heavy atom. The second-order valence-electron chi connectivity index (χ2n) is 4.61. The van der Waals surface area contributed by atoms with Gasteiger partial charge < -0.3 is 5.32 Å². The lowest BCUT2D eigenvalue weighted by atomic mass is 10.1. The zero-order chi connectivity index (χ0) is 15.5. The van der Waals surface area contributed by atoms with Gasteiger partial charge in [-0.3, -0.25) is 9.89 Å². The summed E-state index contributed by atoms with van der Waals surface area (Å²) >= 11 is 11.9. The molecule has 0 aliphatic heterocycles. The van der Waals surface area contributed by atoms with Crippen LogP contribution in [0.1, 0.15) is 10.4 Å². The fraction of sp³-hybridized carbons (Fsp3) is 0. The first-order chi connectivity index (χ1) is 10.6. The number of aromatic nitrogens is 2. The Labute approximate surface area is 137 Å². The fourth-order valence-electron chi connectivity index (χ4n) is 2.01. The normalized spacial score (nSPS) is 10.5. The van der Waals surface area contributed by atoms with Crippen LogP contribution in [0, 0.1) is 0 Å². The Kier molecular flexibility index (Phi) is 4.13. The van der Waals surface area contributed by atoms with Crippen molar-refractivity contribution in [2.45, 2.75) is 0 Å². The summed E-state index contributed by atoms with van der Waals surface area (Å²) in [6, 6.07) is 16.2. The van der Waals surface area contributed by atoms with Gasteiger partial charge in [0.15, 0.2) is 5.82 Å². The molecule has 4 nitrogen and oxygen atoms in total. The largest absolute Gasteiger partial charge is 0.305 e. The molecular weight excluding hydrogens is 321 g/mol. The quantitative estimate of drug-likeness (QED) is 0.734. The van der Waals surface area contributed by atoms with Crippen LogP contribution < -0.4 is 5.32 Å². The van der Waals surface area contributed by atoms with Crippen molar-refractivity contribution in [3.8, 4) is 11.3 Å². The second kappa shape index (κ2) is 6.22. The number of carbonyl (C=O) groups excluding carboxylic acids is 1. The number of hydrogen-bond donors (Lipinski definition) is 2. The molecule has 0 saturated heterocycles. The summed E-state index contributed by atoms with van der Waals surface area (Å²) in [5.41, 5.74) is 2.10. The topological polar surface area (TPSA) is 57.8 Å². The van der Waals surface area contributed by atoms with Gasteiger partial charge in [0, 0.05) is 11.1 Å². The third-order valence-electron chi connectivity index (χ3n) is 3.08. The summed E-state index contributed by atoms with van der Waals surface area (Å²) in [6.07, 6.45) is 0. The average Bonchev–Trinajstić information content (AvgIpc) is 2.99. The highest BCUT2D eigenvalue weighted by molar-refractivity contribution is 6.36. The molecule has 0 bridgehead atoms. The van der Waals surface area contributed by atoms with E-state index in [2.05, 4.69) is 15.5 Å². The Bertz CT molecular complexity index is 815. The van der Waals surface area contributed by atoms with Crippen LogP contribution >= 0.6 is 23.2 Å². The van der Waals surface area contributed by atoms with E-state index in [-0.39, 0.29) is 5.91 Å². The first-order valence-electron chi connectivity index (χ1n) is 6.51. The van der Waals surface area contributed by atoms with Crippen LogP contribution in [0.2, 0.25) is 10.0 Å². The zero-order valence-corrected chi connectivity index (χ0v) is 12.8. The number of hydrogen-bond acceptors (Lipinski definition) is 2. The van der Waals surface area contributed by atoms with Crippen LogP contribution in [0.25, 0.3) is 11.3 Å². The maximum Gasteiger partial charge on any atom is 0.258 e. The van der Waals surface area contributed by atoms with Crippen molar-refractivity contribution in [2.24, 2.45) is 0 Å². The molecule has 0 unspecified atom stereocenters. The lowest BCUT2D eigenvalue weighted by molar-refractivity contribution is 0.102. The highest BCUT2D eigenvalue weighted by atomic mass is 35.5. The van der Waals surface area contributed by atoms with Gasteiger partial charge in [-0.15, -0.1) is 0 Å². The molecular formula is C16H11Cl2N3O. The zero-order valence-electron chi connectivity index (χ0n) is 11.3. The van der Waals surface area contributed by atoms with Crippen LogP contribution in [-0.4, -0.2) is 16.1 Å². The van der Waals surface area contributed by atoms with E-state index in [4.69, 9.17) is 23.2 Å². The van der Waals surface area contributed by atoms with Crippen LogP contribution in [0.4, 0.5) is 5.82 Å². The summed E-state index contributed by atoms with van der Waals surface area (Å²) in [5.74, 6) is 0.0542. The third-order valence-corrected chi connectivity index (χ3v) is 3.64. The molecule has 0 atom stereocenters. The number of halogens is 2. The fourth-order valence-corrected chi connectivity index (χ4v) is 2.38. The number of aromatic amines is 1. The summed E-state index contributed by atoms with van der Waals surface area (Å²) in [5, 5.41) is 10.4. The lowest BCUT2D eigenvalue weighted by Gasteiger charge is -2.04. The number of amides is 1. The van der Waals surface area contributed by atoms with Gasteiger partial charge in [0.1, 0.15) is 0 Å². The SMILES string of the molecule is O=C(Nc1cc(-c2ccccc2)[nH]n1)c1cc(Cl)ccc1Cl. The van der Waals surface area contributed by atoms with Crippen LogP contribution in [0.3, 0.4) is 0 Å². The van der Waals surface area contributed by atoms with Crippen molar-refractivity contribution in [3.05, 3.63) is 70.2 Å². The van der Waals surface area contributed by atoms with Crippen LogP contribution in [0.15, 0.2) is 54.6 Å². The minimum Gasteiger partial charge on any atom is -0.305 e. The number of H-pyrrole nitrogens is 1. The van der Waals surface area contributed by atoms with Crippen molar-refractivity contribution in [1.82, 2.24) is 10.2 Å². The second-order valence-corrected chi connectivity index (χ2v) is 5.45. The highest BCUT2D eigenvalue weighted by Gasteiger charge is 2.13. The van der Waals surface area contributed by atoms with E-state index in [1.807, 2.05) is 30.3 Å². The minimum absolute atomic E-state index is 0.304. The maximum absolute atomic E-state index is 12.2. The van der Waals surface area contributed by atoms with E-state index < -0.39 is 0 Å². The molecule has 0 fully saturated rings. The van der Waals surface area contributed by atoms with Crippen molar-refractivity contribution in [1.29, 1.82) is 0 Å². The Hall–Kier alpha value is -2.30. The molecule has 0 saturated carbocycles. The van der Waals surface area contributed by atoms with Crippen molar-refractivity contribution in [3.63, 3.8) is 0 Å². The van der Waals surface area contributed by atoms with E-state index in [1.165, 1.54) is 6.07 Å². The van der Waals surface area contributed by atoms with Crippen LogP contribution in [0.5, 0.6) is 0 Å². The molecule has 1 amide bonds. The predicted molar refractivity (Wildman–Crippen MR) is 88.4 cm³/mol. The number of nitrogens with one attached hydrogen (secondary N) is 2. The molecule has 3 rings (SSSR count). The minimum atomic E-state index is -0.362. The molecule has 3 aromatic rings. The molecule has 0 spiro atoms. The first-order valence-corrected chi connectivity index (χ1v) is 7.26. The molecule has 22 heavy (non-hydrogen) atoms. The standard InChI is InChI=1S/C16H11Cl2N3O/c17-11-6-7-13(18)12(8-11)16(22)19-15-9-14(20-21-15)10-4-2-1-3-5-10/h1-9H,(H2,19,20,21,22). The van der Waals surface area contributed by atoms with Gasteiger partial charge in [0.25, 0.3) is 5.91 Å². The van der Waals surface area contributed by atoms with Gasteiger partial charge in [-0.05, 0) is 23.8 Å². The van der Waals surface area contributed by atoms with E-state index in [9.17, 15) is 4.79 Å². The van der Waals surface area contributed by atoms with Gasteiger partial charge in [-0.1, -0.05) is 53.5 Å². The van der Waals surface area contributed by atoms with Crippen LogP contribution in [-0.2, 0) is 0 Å². The molecule has 110 valence electrons. The van der Waals surface area contributed by atoms with Gasteiger partial charge >= 0.3 is 0 Å². The summed E-state index contributed by atoms with van der Waals surface area (Å²) in [6.45, 7) is 0. The molecule has 1 aromatic heterocycles. The van der Waals surface area contributed by atoms with Crippen molar-refractivity contribution >= 4 is 34.9 Å². The van der Waals surface area contributed by atoms with Gasteiger partial charge in [0.05, 0.1) is 16.3 Å². The average molecular weight is 332 g/mol. The van der Waals surface area contributed by atoms with E-state index >= 15 is 0 Å². The molecule has 0 aliphatic carbocycles. The van der Waals surface area contributed by atoms with Gasteiger partial charge in [0.2, 0.25) is 0 Å². The molecule has 0 aliphatic rings. The van der Waals surface area contributed by atoms with E-state index in [0.29, 0.717) is 21.4 Å². The number of nitrogens with zero attached hydrogens (tertiary/aromatic N) is 1. The maximum atomic E-state index is 12.2. The highest BCUT2D eigenvalue weighted by Crippen LogP contribution is 2.23. The monoisotopic (exact) mass is 331 g/mol.